The van der Waals surface area contributed by atoms with E-state index in [-0.39, 0.29) is 12.5 Å². The Morgan fingerprint density at radius 3 is 2.75 bits per heavy atom. The molecule has 0 unspecified atom stereocenters. The van der Waals surface area contributed by atoms with Gasteiger partial charge in [0.25, 0.3) is 0 Å². The molecule has 1 amide bonds. The number of para-hydroxylation sites is 2. The maximum Gasteiger partial charge on any atom is 0.238 e. The molecule has 124 valence electrons. The van der Waals surface area contributed by atoms with Crippen LogP contribution >= 0.6 is 35.2 Å². The molecular formula is C17H16ClN3OS2. The average molecular weight is 378 g/mol. The summed E-state index contributed by atoms with van der Waals surface area (Å²) in [5.41, 5.74) is 1.71. The first kappa shape index (κ1) is 17.1. The third kappa shape index (κ3) is 3.84. The lowest BCUT2D eigenvalue weighted by atomic mass is 10.3. The van der Waals surface area contributed by atoms with E-state index in [9.17, 15) is 4.79 Å². The first-order valence-corrected chi connectivity index (χ1v) is 8.96. The second-order valence-electron chi connectivity index (χ2n) is 5.45. The Hall–Kier alpha value is -1.73. The molecule has 0 saturated carbocycles. The Morgan fingerprint density at radius 2 is 1.96 bits per heavy atom. The number of likely N-dealkylation sites (N-methyl/N-ethyl adjacent to an activating group) is 1. The van der Waals surface area contributed by atoms with Crippen molar-refractivity contribution in [3.05, 3.63) is 57.5 Å². The summed E-state index contributed by atoms with van der Waals surface area (Å²) < 4.78 is 3.99. The van der Waals surface area contributed by atoms with Crippen molar-refractivity contribution in [2.75, 3.05) is 18.9 Å². The van der Waals surface area contributed by atoms with Crippen molar-refractivity contribution in [3.8, 4) is 0 Å². The molecule has 24 heavy (non-hydrogen) atoms. The van der Waals surface area contributed by atoms with E-state index >= 15 is 0 Å². The van der Waals surface area contributed by atoms with Crippen LogP contribution in [0.15, 0.2) is 48.5 Å². The summed E-state index contributed by atoms with van der Waals surface area (Å²) in [7, 11) is 1.89. The van der Waals surface area contributed by atoms with Crippen LogP contribution in [0.1, 0.15) is 0 Å². The second-order valence-corrected chi connectivity index (χ2v) is 7.53. The number of halogens is 1. The van der Waals surface area contributed by atoms with Crippen molar-refractivity contribution >= 4 is 57.0 Å². The number of nitrogens with one attached hydrogen (secondary N) is 1. The molecule has 0 saturated heterocycles. The van der Waals surface area contributed by atoms with Gasteiger partial charge in [-0.3, -0.25) is 9.69 Å². The van der Waals surface area contributed by atoms with Crippen molar-refractivity contribution < 1.29 is 4.79 Å². The predicted octanol–water partition coefficient (Wildman–Crippen LogP) is 4.61. The fraction of sp³-hybridized carbons (Fsp3) is 0.176. The number of aromatic nitrogens is 1. The highest BCUT2D eigenvalue weighted by atomic mass is 35.5. The molecule has 0 aliphatic carbocycles. The molecule has 0 fully saturated rings. The Bertz CT molecular complexity index is 935. The van der Waals surface area contributed by atoms with Crippen LogP contribution in [0.3, 0.4) is 0 Å². The molecule has 0 atom stereocenters. The van der Waals surface area contributed by atoms with Gasteiger partial charge in [-0.25, -0.2) is 0 Å². The number of nitrogens with zero attached hydrogens (tertiary/aromatic N) is 2. The summed E-state index contributed by atoms with van der Waals surface area (Å²) in [6.07, 6.45) is 0. The van der Waals surface area contributed by atoms with Crippen LogP contribution in [0.2, 0.25) is 5.02 Å². The van der Waals surface area contributed by atoms with Crippen LogP contribution in [0.5, 0.6) is 0 Å². The van der Waals surface area contributed by atoms with Crippen LogP contribution < -0.4 is 5.32 Å². The number of carbonyl (C=O) groups excluding carboxylic acids is 1. The summed E-state index contributed by atoms with van der Waals surface area (Å²) in [6.45, 7) is 0.802. The minimum absolute atomic E-state index is 0.114. The van der Waals surface area contributed by atoms with E-state index in [1.54, 1.807) is 23.5 Å². The highest BCUT2D eigenvalue weighted by Gasteiger charge is 2.11. The zero-order valence-corrected chi connectivity index (χ0v) is 15.4. The number of benzene rings is 2. The standard InChI is InChI=1S/C17H16ClN3OS2/c1-20(10-16(22)19-13-7-3-2-6-12(13)18)11-21-14-8-4-5-9-15(14)24-17(21)23/h2-9H,10-11H2,1H3,(H,19,22). The van der Waals surface area contributed by atoms with E-state index in [1.807, 2.05) is 46.8 Å². The highest BCUT2D eigenvalue weighted by Crippen LogP contribution is 2.23. The van der Waals surface area contributed by atoms with Crippen LogP contribution in [0.4, 0.5) is 5.69 Å². The van der Waals surface area contributed by atoms with Gasteiger partial charge in [0.2, 0.25) is 5.91 Å². The van der Waals surface area contributed by atoms with Gasteiger partial charge in [0.15, 0.2) is 3.95 Å². The molecule has 3 rings (SSSR count). The third-order valence-electron chi connectivity index (χ3n) is 3.52. The average Bonchev–Trinajstić information content (AvgIpc) is 2.85. The van der Waals surface area contributed by atoms with Gasteiger partial charge in [0, 0.05) is 0 Å². The minimum atomic E-state index is -0.114. The lowest BCUT2D eigenvalue weighted by Gasteiger charge is -2.18. The molecule has 7 heteroatoms. The molecule has 3 aromatic rings. The van der Waals surface area contributed by atoms with Crippen LogP contribution in [-0.4, -0.2) is 29.0 Å². The maximum absolute atomic E-state index is 12.2. The smallest absolute Gasteiger partial charge is 0.238 e. The Morgan fingerprint density at radius 1 is 1.25 bits per heavy atom. The number of rotatable bonds is 5. The quantitative estimate of drug-likeness (QED) is 0.659. The molecule has 1 aromatic heterocycles. The van der Waals surface area contributed by atoms with E-state index in [1.165, 1.54) is 0 Å². The lowest BCUT2D eigenvalue weighted by Crippen LogP contribution is -2.31. The Labute approximate surface area is 154 Å². The largest absolute Gasteiger partial charge is 0.324 e. The van der Waals surface area contributed by atoms with E-state index < -0.39 is 0 Å². The lowest BCUT2D eigenvalue weighted by molar-refractivity contribution is -0.117. The monoisotopic (exact) mass is 377 g/mol. The van der Waals surface area contributed by atoms with Crippen molar-refractivity contribution in [2.24, 2.45) is 0 Å². The summed E-state index contributed by atoms with van der Waals surface area (Å²) in [4.78, 5) is 14.1. The Kier molecular flexibility index (Phi) is 5.30. The second kappa shape index (κ2) is 7.44. The summed E-state index contributed by atoms with van der Waals surface area (Å²) in [6, 6.07) is 15.3. The van der Waals surface area contributed by atoms with E-state index in [2.05, 4.69) is 11.4 Å². The van der Waals surface area contributed by atoms with Crippen LogP contribution in [0, 0.1) is 3.95 Å². The van der Waals surface area contributed by atoms with Gasteiger partial charge in [0.1, 0.15) is 0 Å². The number of thiazole rings is 1. The molecule has 0 aliphatic heterocycles. The van der Waals surface area contributed by atoms with Gasteiger partial charge in [-0.1, -0.05) is 35.9 Å². The van der Waals surface area contributed by atoms with Crippen molar-refractivity contribution in [1.82, 2.24) is 9.47 Å². The topological polar surface area (TPSA) is 37.3 Å². The van der Waals surface area contributed by atoms with Gasteiger partial charge in [-0.15, -0.1) is 11.3 Å². The molecule has 0 bridgehead atoms. The summed E-state index contributed by atoms with van der Waals surface area (Å²) in [5, 5.41) is 3.35. The van der Waals surface area contributed by atoms with Gasteiger partial charge < -0.3 is 9.88 Å². The first-order valence-electron chi connectivity index (χ1n) is 7.36. The van der Waals surface area contributed by atoms with Crippen LogP contribution in [-0.2, 0) is 11.5 Å². The number of amides is 1. The molecule has 0 spiro atoms. The molecule has 0 aliphatic rings. The predicted molar refractivity (Wildman–Crippen MR) is 103 cm³/mol. The summed E-state index contributed by atoms with van der Waals surface area (Å²) in [5.74, 6) is -0.114. The number of anilines is 1. The van der Waals surface area contributed by atoms with Crippen molar-refractivity contribution in [2.45, 2.75) is 6.67 Å². The number of hydrogen-bond donors (Lipinski definition) is 1. The molecule has 4 nitrogen and oxygen atoms in total. The van der Waals surface area contributed by atoms with Gasteiger partial charge >= 0.3 is 0 Å². The first-order chi connectivity index (χ1) is 11.5. The van der Waals surface area contributed by atoms with Gasteiger partial charge in [-0.05, 0) is 43.5 Å². The van der Waals surface area contributed by atoms with Crippen molar-refractivity contribution in [1.29, 1.82) is 0 Å². The number of hydrogen-bond acceptors (Lipinski definition) is 4. The zero-order valence-electron chi connectivity index (χ0n) is 13.0. The summed E-state index contributed by atoms with van der Waals surface area (Å²) >= 11 is 13.1. The van der Waals surface area contributed by atoms with Crippen LogP contribution in [0.25, 0.3) is 10.2 Å². The van der Waals surface area contributed by atoms with Gasteiger partial charge in [0.05, 0.1) is 34.1 Å². The molecule has 1 heterocycles. The maximum atomic E-state index is 12.2. The fourth-order valence-electron chi connectivity index (χ4n) is 2.44. The molecular weight excluding hydrogens is 362 g/mol. The van der Waals surface area contributed by atoms with E-state index in [4.69, 9.17) is 23.8 Å². The van der Waals surface area contributed by atoms with Crippen molar-refractivity contribution in [3.63, 3.8) is 0 Å². The highest BCUT2D eigenvalue weighted by molar-refractivity contribution is 7.73. The number of carbonyl (C=O) groups is 1. The zero-order chi connectivity index (χ0) is 17.1. The molecule has 1 N–H and O–H groups in total. The molecule has 0 radical (unpaired) electrons. The van der Waals surface area contributed by atoms with Gasteiger partial charge in [-0.2, -0.15) is 0 Å². The van der Waals surface area contributed by atoms with E-state index in [0.717, 1.165) is 14.2 Å². The minimum Gasteiger partial charge on any atom is -0.324 e. The Balaban J connectivity index is 1.68. The van der Waals surface area contributed by atoms with E-state index in [0.29, 0.717) is 17.4 Å². The third-order valence-corrected chi connectivity index (χ3v) is 5.28. The molecule has 2 aromatic carbocycles. The number of fused-ring (bicyclic) bond motifs is 1. The normalized spacial score (nSPS) is 11.1. The SMILES string of the molecule is CN(CC(=O)Nc1ccccc1Cl)Cn1c(=S)sc2ccccc21. The fourth-order valence-corrected chi connectivity index (χ4v) is 3.93.